The summed E-state index contributed by atoms with van der Waals surface area (Å²) in [4.78, 5) is 12.1. The number of aryl methyl sites for hydroxylation is 2. The molecule has 0 unspecified atom stereocenters. The molecule has 0 atom stereocenters. The third-order valence-electron chi connectivity index (χ3n) is 3.85. The summed E-state index contributed by atoms with van der Waals surface area (Å²) in [6.07, 6.45) is 3.42. The van der Waals surface area contributed by atoms with E-state index in [-0.39, 0.29) is 11.3 Å². The SMILES string of the molecule is Cc1ccc(C)c(NC(=O)/C=C/c2ccc(C(C)(C)C)cc2)c1. The quantitative estimate of drug-likeness (QED) is 0.771. The van der Waals surface area contributed by atoms with E-state index in [4.69, 9.17) is 0 Å². The van der Waals surface area contributed by atoms with Gasteiger partial charge in [0.05, 0.1) is 0 Å². The fourth-order valence-corrected chi connectivity index (χ4v) is 2.31. The van der Waals surface area contributed by atoms with Gasteiger partial charge in [-0.25, -0.2) is 0 Å². The Balaban J connectivity index is 2.05. The van der Waals surface area contributed by atoms with Crippen LogP contribution in [0.15, 0.2) is 48.5 Å². The number of carbonyl (C=O) groups is 1. The smallest absolute Gasteiger partial charge is 0.248 e. The lowest BCUT2D eigenvalue weighted by Crippen LogP contribution is -2.10. The number of rotatable bonds is 3. The summed E-state index contributed by atoms with van der Waals surface area (Å²) in [6.45, 7) is 10.6. The maximum Gasteiger partial charge on any atom is 0.248 e. The standard InChI is InChI=1S/C21H25NO/c1-15-6-7-16(2)19(14-15)22-20(23)13-10-17-8-11-18(12-9-17)21(3,4)5/h6-14H,1-5H3,(H,22,23)/b13-10+. The van der Waals surface area contributed by atoms with Crippen molar-refractivity contribution in [3.8, 4) is 0 Å². The van der Waals surface area contributed by atoms with E-state index in [2.05, 4.69) is 38.2 Å². The molecule has 0 saturated carbocycles. The summed E-state index contributed by atoms with van der Waals surface area (Å²) < 4.78 is 0. The molecule has 120 valence electrons. The van der Waals surface area contributed by atoms with E-state index in [1.54, 1.807) is 6.08 Å². The van der Waals surface area contributed by atoms with Crippen molar-refractivity contribution in [2.24, 2.45) is 0 Å². The van der Waals surface area contributed by atoms with Crippen LogP contribution in [0, 0.1) is 13.8 Å². The number of anilines is 1. The monoisotopic (exact) mass is 307 g/mol. The molecule has 0 aliphatic rings. The van der Waals surface area contributed by atoms with Crippen LogP contribution in [0.2, 0.25) is 0 Å². The Morgan fingerprint density at radius 1 is 1.00 bits per heavy atom. The first kappa shape index (κ1) is 17.0. The molecule has 0 bridgehead atoms. The Morgan fingerprint density at radius 3 is 2.26 bits per heavy atom. The molecule has 0 aliphatic carbocycles. The van der Waals surface area contributed by atoms with E-state index in [0.29, 0.717) is 0 Å². The van der Waals surface area contributed by atoms with Crippen LogP contribution >= 0.6 is 0 Å². The second-order valence-electron chi connectivity index (χ2n) is 7.01. The Bertz CT molecular complexity index is 718. The zero-order valence-corrected chi connectivity index (χ0v) is 14.6. The van der Waals surface area contributed by atoms with Crippen LogP contribution in [0.25, 0.3) is 6.08 Å². The molecule has 2 rings (SSSR count). The maximum absolute atomic E-state index is 12.1. The molecule has 1 amide bonds. The predicted octanol–water partition coefficient (Wildman–Crippen LogP) is 5.25. The number of benzene rings is 2. The van der Waals surface area contributed by atoms with Crippen LogP contribution in [0.1, 0.15) is 43.0 Å². The zero-order chi connectivity index (χ0) is 17.0. The zero-order valence-electron chi connectivity index (χ0n) is 14.6. The minimum Gasteiger partial charge on any atom is -0.322 e. The van der Waals surface area contributed by atoms with Gasteiger partial charge in [0.25, 0.3) is 0 Å². The molecule has 0 spiro atoms. The molecule has 2 heteroatoms. The molecule has 1 N–H and O–H groups in total. The Hall–Kier alpha value is -2.35. The van der Waals surface area contributed by atoms with Gasteiger partial charge in [-0.3, -0.25) is 4.79 Å². The molecule has 0 aromatic heterocycles. The number of nitrogens with one attached hydrogen (secondary N) is 1. The predicted molar refractivity (Wildman–Crippen MR) is 98.7 cm³/mol. The number of amides is 1. The van der Waals surface area contributed by atoms with Gasteiger partial charge in [-0.1, -0.05) is 57.2 Å². The van der Waals surface area contributed by atoms with Crippen molar-refractivity contribution in [3.05, 3.63) is 70.8 Å². The van der Waals surface area contributed by atoms with Crippen LogP contribution in [0.5, 0.6) is 0 Å². The maximum atomic E-state index is 12.1. The van der Waals surface area contributed by atoms with E-state index in [0.717, 1.165) is 22.4 Å². The van der Waals surface area contributed by atoms with E-state index in [1.807, 2.05) is 50.3 Å². The molecule has 0 radical (unpaired) electrons. The minimum absolute atomic E-state index is 0.112. The minimum atomic E-state index is -0.112. The summed E-state index contributed by atoms with van der Waals surface area (Å²) in [5, 5.41) is 2.93. The van der Waals surface area contributed by atoms with Gasteiger partial charge in [0, 0.05) is 11.8 Å². The lowest BCUT2D eigenvalue weighted by Gasteiger charge is -2.18. The first-order valence-corrected chi connectivity index (χ1v) is 7.92. The topological polar surface area (TPSA) is 29.1 Å². The molecule has 0 fully saturated rings. The van der Waals surface area contributed by atoms with Gasteiger partial charge in [0.1, 0.15) is 0 Å². The van der Waals surface area contributed by atoms with Gasteiger partial charge in [0.2, 0.25) is 5.91 Å². The van der Waals surface area contributed by atoms with Crippen LogP contribution in [0.3, 0.4) is 0 Å². The number of hydrogen-bond donors (Lipinski definition) is 1. The van der Waals surface area contributed by atoms with Gasteiger partial charge in [0.15, 0.2) is 0 Å². The van der Waals surface area contributed by atoms with Crippen LogP contribution in [-0.4, -0.2) is 5.91 Å². The molecule has 2 aromatic carbocycles. The summed E-state index contributed by atoms with van der Waals surface area (Å²) in [7, 11) is 0. The second-order valence-corrected chi connectivity index (χ2v) is 7.01. The Morgan fingerprint density at radius 2 is 1.65 bits per heavy atom. The highest BCUT2D eigenvalue weighted by atomic mass is 16.1. The highest BCUT2D eigenvalue weighted by molar-refractivity contribution is 6.02. The van der Waals surface area contributed by atoms with Gasteiger partial charge in [-0.2, -0.15) is 0 Å². The van der Waals surface area contributed by atoms with Gasteiger partial charge >= 0.3 is 0 Å². The van der Waals surface area contributed by atoms with Crippen molar-refractivity contribution in [1.82, 2.24) is 0 Å². The Kier molecular flexibility index (Phi) is 5.05. The lowest BCUT2D eigenvalue weighted by molar-refractivity contribution is -0.111. The normalized spacial score (nSPS) is 11.7. The largest absolute Gasteiger partial charge is 0.322 e. The molecular weight excluding hydrogens is 282 g/mol. The van der Waals surface area contributed by atoms with Crippen molar-refractivity contribution in [2.75, 3.05) is 5.32 Å². The summed E-state index contributed by atoms with van der Waals surface area (Å²) >= 11 is 0. The first-order valence-electron chi connectivity index (χ1n) is 7.92. The number of carbonyl (C=O) groups excluding carboxylic acids is 1. The van der Waals surface area contributed by atoms with E-state index >= 15 is 0 Å². The molecule has 23 heavy (non-hydrogen) atoms. The van der Waals surface area contributed by atoms with Crippen molar-refractivity contribution in [3.63, 3.8) is 0 Å². The van der Waals surface area contributed by atoms with E-state index in [1.165, 1.54) is 5.56 Å². The van der Waals surface area contributed by atoms with Crippen LogP contribution in [-0.2, 0) is 10.2 Å². The molecule has 2 aromatic rings. The van der Waals surface area contributed by atoms with E-state index in [9.17, 15) is 4.79 Å². The van der Waals surface area contributed by atoms with Gasteiger partial charge < -0.3 is 5.32 Å². The molecule has 2 nitrogen and oxygen atoms in total. The first-order chi connectivity index (χ1) is 10.8. The summed E-state index contributed by atoms with van der Waals surface area (Å²) in [5.41, 5.74) is 5.51. The van der Waals surface area contributed by atoms with Gasteiger partial charge in [-0.15, -0.1) is 0 Å². The second kappa shape index (κ2) is 6.82. The number of hydrogen-bond acceptors (Lipinski definition) is 1. The van der Waals surface area contributed by atoms with Crippen molar-refractivity contribution in [2.45, 2.75) is 40.0 Å². The molecule has 0 saturated heterocycles. The molecule has 0 aliphatic heterocycles. The highest BCUT2D eigenvalue weighted by Gasteiger charge is 2.12. The van der Waals surface area contributed by atoms with Crippen molar-refractivity contribution in [1.29, 1.82) is 0 Å². The van der Waals surface area contributed by atoms with Crippen molar-refractivity contribution < 1.29 is 4.79 Å². The van der Waals surface area contributed by atoms with Gasteiger partial charge in [-0.05, 0) is 53.7 Å². The fourth-order valence-electron chi connectivity index (χ4n) is 2.31. The average molecular weight is 307 g/mol. The van der Waals surface area contributed by atoms with Crippen LogP contribution < -0.4 is 5.32 Å². The van der Waals surface area contributed by atoms with E-state index < -0.39 is 0 Å². The average Bonchev–Trinajstić information content (AvgIpc) is 2.48. The molecule has 0 heterocycles. The summed E-state index contributed by atoms with van der Waals surface area (Å²) in [5.74, 6) is -0.112. The van der Waals surface area contributed by atoms with Crippen LogP contribution in [0.4, 0.5) is 5.69 Å². The lowest BCUT2D eigenvalue weighted by atomic mass is 9.87. The third-order valence-corrected chi connectivity index (χ3v) is 3.85. The van der Waals surface area contributed by atoms with Crippen molar-refractivity contribution >= 4 is 17.7 Å². The fraction of sp³-hybridized carbons (Fsp3) is 0.286. The highest BCUT2D eigenvalue weighted by Crippen LogP contribution is 2.22. The molecular formula is C21H25NO. The third kappa shape index (κ3) is 4.82. The Labute approximate surface area is 139 Å². The summed E-state index contributed by atoms with van der Waals surface area (Å²) in [6, 6.07) is 14.4.